The number of aromatic carboxylic acids is 1. The molecular formula is C12H9BrCl2FNO3. The number of alkyl halides is 1. The van der Waals surface area contributed by atoms with Crippen LogP contribution in [-0.4, -0.2) is 29.4 Å². The molecule has 1 atom stereocenters. The largest absolute Gasteiger partial charge is 0.478 e. The van der Waals surface area contributed by atoms with E-state index in [1.54, 1.807) is 0 Å². The number of carboxylic acid groups (broad SMARTS) is 1. The van der Waals surface area contributed by atoms with Crippen molar-refractivity contribution in [3.05, 3.63) is 26.9 Å². The van der Waals surface area contributed by atoms with E-state index in [1.165, 1.54) is 0 Å². The first kappa shape index (κ1) is 15.5. The quantitative estimate of drug-likeness (QED) is 0.640. The van der Waals surface area contributed by atoms with Crippen LogP contribution in [0.5, 0.6) is 0 Å². The zero-order valence-corrected chi connectivity index (χ0v) is 13.1. The molecule has 1 aliphatic heterocycles. The van der Waals surface area contributed by atoms with Crippen LogP contribution in [0.1, 0.15) is 16.8 Å². The van der Waals surface area contributed by atoms with Crippen molar-refractivity contribution in [2.24, 2.45) is 5.92 Å². The Morgan fingerprint density at radius 1 is 1.60 bits per heavy atom. The molecule has 0 aliphatic carbocycles. The zero-order valence-electron chi connectivity index (χ0n) is 10.00. The Kier molecular flexibility index (Phi) is 4.56. The third kappa shape index (κ3) is 2.64. The predicted molar refractivity (Wildman–Crippen MR) is 77.2 cm³/mol. The molecular weight excluding hydrogens is 376 g/mol. The van der Waals surface area contributed by atoms with Gasteiger partial charge in [-0.15, -0.1) is 11.6 Å². The summed E-state index contributed by atoms with van der Waals surface area (Å²) in [6.45, 7) is 0.188. The van der Waals surface area contributed by atoms with Crippen LogP contribution < -0.4 is 4.90 Å². The van der Waals surface area contributed by atoms with E-state index in [0.29, 0.717) is 0 Å². The highest BCUT2D eigenvalue weighted by Gasteiger charge is 2.35. The number of hydrogen-bond donors (Lipinski definition) is 1. The van der Waals surface area contributed by atoms with Crippen LogP contribution in [0.2, 0.25) is 5.02 Å². The minimum absolute atomic E-state index is 0.0656. The molecule has 0 saturated carbocycles. The van der Waals surface area contributed by atoms with Crippen molar-refractivity contribution in [1.29, 1.82) is 0 Å². The van der Waals surface area contributed by atoms with Crippen molar-refractivity contribution in [2.75, 3.05) is 17.3 Å². The molecule has 1 heterocycles. The van der Waals surface area contributed by atoms with Crippen molar-refractivity contribution >= 4 is 56.7 Å². The van der Waals surface area contributed by atoms with Crippen molar-refractivity contribution in [2.45, 2.75) is 6.42 Å². The molecule has 1 aromatic carbocycles. The normalized spacial score (nSPS) is 18.7. The van der Waals surface area contributed by atoms with E-state index in [1.807, 2.05) is 0 Å². The Hall–Kier alpha value is -0.850. The van der Waals surface area contributed by atoms with Crippen molar-refractivity contribution in [1.82, 2.24) is 0 Å². The van der Waals surface area contributed by atoms with Gasteiger partial charge in [-0.2, -0.15) is 0 Å². The molecule has 1 aliphatic rings. The third-order valence-electron chi connectivity index (χ3n) is 3.06. The molecule has 2 rings (SSSR count). The average molecular weight is 385 g/mol. The summed E-state index contributed by atoms with van der Waals surface area (Å²) in [6, 6.07) is 1.12. The van der Waals surface area contributed by atoms with Gasteiger partial charge in [0.05, 0.1) is 20.7 Å². The lowest BCUT2D eigenvalue weighted by Gasteiger charge is -2.20. The Bertz CT molecular complexity index is 597. The van der Waals surface area contributed by atoms with E-state index in [2.05, 4.69) is 15.9 Å². The van der Waals surface area contributed by atoms with Gasteiger partial charge in [0.15, 0.2) is 5.82 Å². The summed E-state index contributed by atoms with van der Waals surface area (Å²) in [4.78, 5) is 24.3. The number of carbonyl (C=O) groups is 2. The van der Waals surface area contributed by atoms with Gasteiger partial charge in [0, 0.05) is 18.8 Å². The molecule has 4 nitrogen and oxygen atoms in total. The minimum Gasteiger partial charge on any atom is -0.478 e. The third-order valence-corrected chi connectivity index (χ3v) is 4.80. The standard InChI is InChI=1S/C12H9BrCl2FNO3/c13-9-7(15)2-6(12(19)20)11(10(9)16)17-4-5(3-14)1-8(17)18/h2,5H,1,3-4H2,(H,19,20). The molecule has 108 valence electrons. The van der Waals surface area contributed by atoms with E-state index < -0.39 is 11.8 Å². The number of anilines is 1. The molecule has 0 bridgehead atoms. The fraction of sp³-hybridized carbons (Fsp3) is 0.333. The summed E-state index contributed by atoms with van der Waals surface area (Å²) >= 11 is 14.4. The monoisotopic (exact) mass is 383 g/mol. The minimum atomic E-state index is -1.35. The van der Waals surface area contributed by atoms with Crippen LogP contribution in [-0.2, 0) is 4.79 Å². The molecule has 20 heavy (non-hydrogen) atoms. The maximum atomic E-state index is 14.3. The SMILES string of the molecule is O=C(O)c1cc(Cl)c(Br)c(F)c1N1CC(CCl)CC1=O. The van der Waals surface area contributed by atoms with Gasteiger partial charge in [-0.3, -0.25) is 4.79 Å². The van der Waals surface area contributed by atoms with Crippen molar-refractivity contribution < 1.29 is 19.1 Å². The zero-order chi connectivity index (χ0) is 15.0. The number of rotatable bonds is 3. The number of carbonyl (C=O) groups excluding carboxylic acids is 1. The molecule has 0 aromatic heterocycles. The van der Waals surface area contributed by atoms with Crippen LogP contribution in [0, 0.1) is 11.7 Å². The van der Waals surface area contributed by atoms with Gasteiger partial charge in [0.2, 0.25) is 5.91 Å². The molecule has 1 fully saturated rings. The van der Waals surface area contributed by atoms with Crippen molar-refractivity contribution in [3.8, 4) is 0 Å². The molecule has 1 unspecified atom stereocenters. The Morgan fingerprint density at radius 2 is 2.25 bits per heavy atom. The lowest BCUT2D eigenvalue weighted by atomic mass is 10.1. The van der Waals surface area contributed by atoms with Crippen LogP contribution in [0.15, 0.2) is 10.5 Å². The van der Waals surface area contributed by atoms with Gasteiger partial charge in [-0.1, -0.05) is 11.6 Å². The summed E-state index contributed by atoms with van der Waals surface area (Å²) in [6.07, 6.45) is 0.169. The maximum Gasteiger partial charge on any atom is 0.337 e. The van der Waals surface area contributed by atoms with E-state index in [4.69, 9.17) is 23.2 Å². The molecule has 1 N–H and O–H groups in total. The highest BCUT2D eigenvalue weighted by molar-refractivity contribution is 9.10. The predicted octanol–water partition coefficient (Wildman–Crippen LogP) is 3.53. The molecule has 0 radical (unpaired) electrons. The van der Waals surface area contributed by atoms with E-state index in [-0.39, 0.29) is 51.4 Å². The number of hydrogen-bond acceptors (Lipinski definition) is 2. The second-order valence-electron chi connectivity index (χ2n) is 4.42. The first-order chi connectivity index (χ1) is 9.36. The van der Waals surface area contributed by atoms with Crippen molar-refractivity contribution in [3.63, 3.8) is 0 Å². The Morgan fingerprint density at radius 3 is 2.75 bits per heavy atom. The Balaban J connectivity index is 2.58. The summed E-state index contributed by atoms with van der Waals surface area (Å²) in [5, 5.41) is 9.10. The van der Waals surface area contributed by atoms with Crippen LogP contribution in [0.4, 0.5) is 10.1 Å². The summed E-state index contributed by atoms with van der Waals surface area (Å²) in [5.41, 5.74) is -0.620. The fourth-order valence-electron chi connectivity index (χ4n) is 2.11. The lowest BCUT2D eigenvalue weighted by Crippen LogP contribution is -2.28. The first-order valence-corrected chi connectivity index (χ1v) is 7.34. The van der Waals surface area contributed by atoms with E-state index in [9.17, 15) is 19.1 Å². The van der Waals surface area contributed by atoms with Crippen LogP contribution >= 0.6 is 39.1 Å². The van der Waals surface area contributed by atoms with E-state index >= 15 is 0 Å². The first-order valence-electron chi connectivity index (χ1n) is 5.64. The topological polar surface area (TPSA) is 57.6 Å². The van der Waals surface area contributed by atoms with Crippen LogP contribution in [0.25, 0.3) is 0 Å². The second-order valence-corrected chi connectivity index (χ2v) is 5.93. The number of benzene rings is 1. The maximum absolute atomic E-state index is 14.3. The molecule has 1 aromatic rings. The lowest BCUT2D eigenvalue weighted by molar-refractivity contribution is -0.117. The van der Waals surface area contributed by atoms with Gasteiger partial charge in [0.25, 0.3) is 0 Å². The van der Waals surface area contributed by atoms with Crippen LogP contribution in [0.3, 0.4) is 0 Å². The highest BCUT2D eigenvalue weighted by atomic mass is 79.9. The van der Waals surface area contributed by atoms with E-state index in [0.717, 1.165) is 11.0 Å². The van der Waals surface area contributed by atoms with Gasteiger partial charge >= 0.3 is 5.97 Å². The fourth-order valence-corrected chi connectivity index (χ4v) is 2.81. The van der Waals surface area contributed by atoms with Gasteiger partial charge < -0.3 is 10.0 Å². The highest BCUT2D eigenvalue weighted by Crippen LogP contribution is 2.38. The molecule has 1 saturated heterocycles. The molecule has 1 amide bonds. The van der Waals surface area contributed by atoms with Gasteiger partial charge in [0.1, 0.15) is 0 Å². The number of amides is 1. The summed E-state index contributed by atoms with van der Waals surface area (Å²) in [5.74, 6) is -2.44. The molecule has 8 heteroatoms. The average Bonchev–Trinajstić information content (AvgIpc) is 2.76. The number of halogens is 4. The molecule has 0 spiro atoms. The number of carboxylic acids is 1. The Labute approximate surface area is 132 Å². The van der Waals surface area contributed by atoms with Gasteiger partial charge in [-0.05, 0) is 27.9 Å². The van der Waals surface area contributed by atoms with Gasteiger partial charge in [-0.25, -0.2) is 9.18 Å². The smallest absolute Gasteiger partial charge is 0.337 e. The number of nitrogens with zero attached hydrogens (tertiary/aromatic N) is 1. The second kappa shape index (κ2) is 5.87. The summed E-state index contributed by atoms with van der Waals surface area (Å²) in [7, 11) is 0. The summed E-state index contributed by atoms with van der Waals surface area (Å²) < 4.78 is 14.2.